The molecule has 0 heterocycles. The molecule has 2 unspecified atom stereocenters. The van der Waals surface area contributed by atoms with Gasteiger partial charge in [0.25, 0.3) is 0 Å². The molecule has 1 amide bonds. The van der Waals surface area contributed by atoms with E-state index in [1.165, 1.54) is 19.3 Å². The predicted molar refractivity (Wildman–Crippen MR) is 179 cm³/mol. The number of aliphatic hydroxyl groups is 3. The Morgan fingerprint density at radius 2 is 1.42 bits per heavy atom. The van der Waals surface area contributed by atoms with Gasteiger partial charge in [-0.1, -0.05) is 65.7 Å². The standard InChI is InChI=1S/C31H63N7O10/c1-4-20(2)17-21(3)11-9-7-5-6-8-10-12-25(42)37-30(29(47)48,36-22(19-39)27(43)44)18-24(41)31(34,35-16-15-33)38-26(28(45)46)23(40)13-14-32/h20-24,26,35-36,38-41H,4-19,32-34H2,1-3H3,(H,37,42)(H,43,44)(H,45,46)(H,47,48)/t20?,21?,22-,23+,24+,26-,30-,31+/m0/s1. The Balaban J connectivity index is 5.78. The lowest BCUT2D eigenvalue weighted by atomic mass is 9.91. The molecule has 8 atom stereocenters. The summed E-state index contributed by atoms with van der Waals surface area (Å²) in [7, 11) is 0. The van der Waals surface area contributed by atoms with E-state index in [9.17, 15) is 49.8 Å². The molecule has 0 saturated heterocycles. The minimum atomic E-state index is -2.69. The molecule has 16 N–H and O–H groups in total. The summed E-state index contributed by atoms with van der Waals surface area (Å²) >= 11 is 0. The lowest BCUT2D eigenvalue weighted by Crippen LogP contribution is -2.78. The Labute approximate surface area is 283 Å². The molecule has 17 heteroatoms. The van der Waals surface area contributed by atoms with Crippen molar-refractivity contribution in [2.24, 2.45) is 29.0 Å². The molecule has 0 bridgehead atoms. The molecule has 0 radical (unpaired) electrons. The molecule has 282 valence electrons. The van der Waals surface area contributed by atoms with E-state index in [-0.39, 0.29) is 32.5 Å². The zero-order valence-corrected chi connectivity index (χ0v) is 28.8. The van der Waals surface area contributed by atoms with Crippen molar-refractivity contribution in [2.45, 2.75) is 134 Å². The fourth-order valence-electron chi connectivity index (χ4n) is 5.50. The first-order chi connectivity index (χ1) is 22.5. The predicted octanol–water partition coefficient (Wildman–Crippen LogP) is -1.22. The summed E-state index contributed by atoms with van der Waals surface area (Å²) in [5.41, 5.74) is 14.6. The normalized spacial score (nSPS) is 18.0. The number of hydrogen-bond donors (Lipinski definition) is 13. The van der Waals surface area contributed by atoms with Crippen molar-refractivity contribution in [2.75, 3.05) is 26.2 Å². The van der Waals surface area contributed by atoms with Crippen LogP contribution in [-0.2, 0) is 19.2 Å². The van der Waals surface area contributed by atoms with Gasteiger partial charge in [-0.25, -0.2) is 4.79 Å². The summed E-state index contributed by atoms with van der Waals surface area (Å²) in [6.07, 6.45) is 3.77. The molecule has 0 aliphatic heterocycles. The SMILES string of the molecule is CCC(C)CC(C)CCCCCCCCC(=O)N[C@](C[C@@H](O)[C@@](N)(NCCN)N[C@H](C(=O)O)[C@H](O)CCN)(N[C@@H](CO)C(=O)O)C(=O)O. The van der Waals surface area contributed by atoms with Crippen LogP contribution < -0.4 is 38.5 Å². The van der Waals surface area contributed by atoms with Crippen molar-refractivity contribution in [3.63, 3.8) is 0 Å². The summed E-state index contributed by atoms with van der Waals surface area (Å²) in [5.74, 6) is -6.73. The third-order valence-corrected chi connectivity index (χ3v) is 8.57. The number of rotatable bonds is 30. The molecule has 0 rings (SSSR count). The molecule has 0 aromatic carbocycles. The van der Waals surface area contributed by atoms with E-state index < -0.39 is 72.6 Å². The zero-order chi connectivity index (χ0) is 36.9. The van der Waals surface area contributed by atoms with Crippen LogP contribution in [0.3, 0.4) is 0 Å². The average Bonchev–Trinajstić information content (AvgIpc) is 3.01. The number of aliphatic carboxylic acids is 3. The van der Waals surface area contributed by atoms with Crippen molar-refractivity contribution < 1.29 is 49.8 Å². The third-order valence-electron chi connectivity index (χ3n) is 8.57. The van der Waals surface area contributed by atoms with Gasteiger partial charge in [-0.2, -0.15) is 0 Å². The Kier molecular flexibility index (Phi) is 22.6. The number of unbranched alkanes of at least 4 members (excludes halogenated alkanes) is 5. The van der Waals surface area contributed by atoms with Gasteiger partial charge in [0.2, 0.25) is 5.91 Å². The highest BCUT2D eigenvalue weighted by Crippen LogP contribution is 2.22. The van der Waals surface area contributed by atoms with Crippen LogP contribution in [0.25, 0.3) is 0 Å². The number of amides is 1. The number of aliphatic hydroxyl groups excluding tert-OH is 3. The number of nitrogens with one attached hydrogen (secondary N) is 4. The maximum Gasteiger partial charge on any atom is 0.344 e. The molecular weight excluding hydrogens is 630 g/mol. The highest BCUT2D eigenvalue weighted by atomic mass is 16.4. The van der Waals surface area contributed by atoms with Crippen LogP contribution in [0.15, 0.2) is 0 Å². The quantitative estimate of drug-likeness (QED) is 0.0309. The summed E-state index contributed by atoms with van der Waals surface area (Å²) < 4.78 is 0. The maximum atomic E-state index is 13.0. The number of nitrogens with two attached hydrogens (primary N) is 3. The van der Waals surface area contributed by atoms with Crippen LogP contribution in [0.1, 0.15) is 97.8 Å². The van der Waals surface area contributed by atoms with Gasteiger partial charge in [-0.05, 0) is 37.6 Å². The lowest BCUT2D eigenvalue weighted by Gasteiger charge is -2.43. The van der Waals surface area contributed by atoms with Crippen LogP contribution in [0.2, 0.25) is 0 Å². The van der Waals surface area contributed by atoms with Crippen molar-refractivity contribution in [3.8, 4) is 0 Å². The minimum absolute atomic E-state index is 0.0571. The van der Waals surface area contributed by atoms with Crippen molar-refractivity contribution in [3.05, 3.63) is 0 Å². The number of hydrogen-bond acceptors (Lipinski definition) is 13. The second-order valence-electron chi connectivity index (χ2n) is 12.9. The molecule has 0 fully saturated rings. The maximum absolute atomic E-state index is 13.0. The van der Waals surface area contributed by atoms with Crippen LogP contribution >= 0.6 is 0 Å². The van der Waals surface area contributed by atoms with E-state index in [4.69, 9.17) is 17.2 Å². The number of carboxylic acids is 3. The molecule has 0 aliphatic carbocycles. The third kappa shape index (κ3) is 16.8. The van der Waals surface area contributed by atoms with Gasteiger partial charge >= 0.3 is 17.9 Å². The van der Waals surface area contributed by atoms with Gasteiger partial charge in [0.1, 0.15) is 24.0 Å². The first-order valence-electron chi connectivity index (χ1n) is 17.0. The molecule has 48 heavy (non-hydrogen) atoms. The van der Waals surface area contributed by atoms with Gasteiger partial charge in [0, 0.05) is 25.9 Å². The summed E-state index contributed by atoms with van der Waals surface area (Å²) in [6, 6.07) is -3.69. The highest BCUT2D eigenvalue weighted by molar-refractivity contribution is 5.87. The van der Waals surface area contributed by atoms with Gasteiger partial charge in [-0.3, -0.25) is 36.1 Å². The number of carboxylic acid groups (broad SMARTS) is 3. The van der Waals surface area contributed by atoms with E-state index in [0.717, 1.165) is 31.6 Å². The van der Waals surface area contributed by atoms with E-state index in [1.54, 1.807) is 0 Å². The minimum Gasteiger partial charge on any atom is -0.480 e. The van der Waals surface area contributed by atoms with E-state index in [2.05, 4.69) is 42.0 Å². The Morgan fingerprint density at radius 3 is 1.92 bits per heavy atom. The molecule has 0 aliphatic rings. The summed E-state index contributed by atoms with van der Waals surface area (Å²) in [6.45, 7) is 5.40. The van der Waals surface area contributed by atoms with Crippen LogP contribution in [0.4, 0.5) is 0 Å². The van der Waals surface area contributed by atoms with Crippen molar-refractivity contribution in [1.82, 2.24) is 21.3 Å². The van der Waals surface area contributed by atoms with Crippen molar-refractivity contribution in [1.29, 1.82) is 0 Å². The molecule has 17 nitrogen and oxygen atoms in total. The number of carbonyl (C=O) groups is 4. The van der Waals surface area contributed by atoms with Crippen LogP contribution in [-0.4, -0.2) is 116 Å². The van der Waals surface area contributed by atoms with Gasteiger partial charge < -0.3 is 47.4 Å². The second kappa shape index (κ2) is 23.8. The molecule has 0 saturated carbocycles. The average molecular weight is 694 g/mol. The first-order valence-corrected chi connectivity index (χ1v) is 17.0. The van der Waals surface area contributed by atoms with E-state index in [1.807, 2.05) is 0 Å². The molecule has 0 aromatic heterocycles. The van der Waals surface area contributed by atoms with Crippen LogP contribution in [0, 0.1) is 11.8 Å². The first kappa shape index (κ1) is 45.5. The van der Waals surface area contributed by atoms with E-state index in [0.29, 0.717) is 18.8 Å². The van der Waals surface area contributed by atoms with Crippen molar-refractivity contribution >= 4 is 23.8 Å². The highest BCUT2D eigenvalue weighted by Gasteiger charge is 2.49. The van der Waals surface area contributed by atoms with Gasteiger partial charge in [0.05, 0.1) is 12.7 Å². The zero-order valence-electron chi connectivity index (χ0n) is 28.8. The topological polar surface area (TPSA) is 316 Å². The largest absolute Gasteiger partial charge is 0.480 e. The molecule has 0 spiro atoms. The Bertz CT molecular complexity index is 965. The molecular formula is C31H63N7O10. The fourth-order valence-corrected chi connectivity index (χ4v) is 5.50. The molecule has 0 aromatic rings. The number of carbonyl (C=O) groups excluding carboxylic acids is 1. The lowest BCUT2D eigenvalue weighted by molar-refractivity contribution is -0.156. The summed E-state index contributed by atoms with van der Waals surface area (Å²) in [4.78, 5) is 49.5. The fraction of sp³-hybridized carbons (Fsp3) is 0.871. The second-order valence-corrected chi connectivity index (χ2v) is 12.9. The summed E-state index contributed by atoms with van der Waals surface area (Å²) in [5, 5.41) is 70.3. The van der Waals surface area contributed by atoms with Crippen LogP contribution in [0.5, 0.6) is 0 Å². The Morgan fingerprint density at radius 1 is 0.812 bits per heavy atom. The smallest absolute Gasteiger partial charge is 0.344 e. The Hall–Kier alpha value is -2.48. The monoisotopic (exact) mass is 693 g/mol. The van der Waals surface area contributed by atoms with Gasteiger partial charge in [-0.15, -0.1) is 0 Å². The van der Waals surface area contributed by atoms with Gasteiger partial charge in [0.15, 0.2) is 5.66 Å². The van der Waals surface area contributed by atoms with E-state index >= 15 is 0 Å².